The molecule has 0 aliphatic heterocycles. The lowest BCUT2D eigenvalue weighted by atomic mass is 10.1. The fourth-order valence-electron chi connectivity index (χ4n) is 1.69. The molecule has 0 bridgehead atoms. The second-order valence-electron chi connectivity index (χ2n) is 4.40. The second kappa shape index (κ2) is 9.21. The van der Waals surface area contributed by atoms with Gasteiger partial charge in [0.1, 0.15) is 0 Å². The molecule has 0 N–H and O–H groups in total. The number of rotatable bonds is 8. The average molecular weight is 224 g/mol. The Balaban J connectivity index is 3.93. The highest BCUT2D eigenvalue weighted by atomic mass is 16.2. The van der Waals surface area contributed by atoms with Crippen molar-refractivity contribution in [2.75, 3.05) is 6.54 Å². The van der Waals surface area contributed by atoms with E-state index >= 15 is 0 Å². The van der Waals surface area contributed by atoms with Crippen LogP contribution < -0.4 is 0 Å². The molecule has 0 fully saturated rings. The molecule has 0 aromatic rings. The number of amides is 1. The summed E-state index contributed by atoms with van der Waals surface area (Å²) in [6, 6.07) is 2.29. The van der Waals surface area contributed by atoms with E-state index in [1.165, 1.54) is 12.8 Å². The molecule has 0 radical (unpaired) electrons. The lowest BCUT2D eigenvalue weighted by Gasteiger charge is -2.25. The highest BCUT2D eigenvalue weighted by Crippen LogP contribution is 2.08. The maximum absolute atomic E-state index is 11.9. The van der Waals surface area contributed by atoms with Gasteiger partial charge in [-0.3, -0.25) is 4.79 Å². The van der Waals surface area contributed by atoms with Crippen molar-refractivity contribution in [3.63, 3.8) is 0 Å². The van der Waals surface area contributed by atoms with Crippen LogP contribution in [-0.2, 0) is 4.79 Å². The smallest absolute Gasteiger partial charge is 0.222 e. The summed E-state index contributed by atoms with van der Waals surface area (Å²) in [7, 11) is 0. The van der Waals surface area contributed by atoms with Crippen molar-refractivity contribution in [1.82, 2.24) is 4.90 Å². The molecule has 0 aromatic carbocycles. The van der Waals surface area contributed by atoms with Crippen molar-refractivity contribution in [3.05, 3.63) is 0 Å². The molecule has 0 spiro atoms. The number of nitriles is 1. The Bertz CT molecular complexity index is 231. The fraction of sp³-hybridized carbons (Fsp3) is 0.846. The third-order valence-corrected chi connectivity index (χ3v) is 2.65. The van der Waals surface area contributed by atoms with Crippen LogP contribution in [0.25, 0.3) is 0 Å². The van der Waals surface area contributed by atoms with Crippen LogP contribution >= 0.6 is 0 Å². The number of carbonyl (C=O) groups excluding carboxylic acids is 1. The summed E-state index contributed by atoms with van der Waals surface area (Å²) < 4.78 is 0. The summed E-state index contributed by atoms with van der Waals surface area (Å²) in [5.74, 6) is 0.196. The number of hydrogen-bond donors (Lipinski definition) is 0. The van der Waals surface area contributed by atoms with E-state index < -0.39 is 0 Å². The van der Waals surface area contributed by atoms with Crippen molar-refractivity contribution in [2.45, 2.75) is 65.3 Å². The number of unbranched alkanes of at least 4 members (excludes halogenated alkanes) is 3. The standard InChI is InChI=1S/C13H24N2O/c1-4-5-6-7-9-13(16)15(12(2)3)11-8-10-14/h12H,4-9,11H2,1-3H3. The molecule has 3 nitrogen and oxygen atoms in total. The Morgan fingerprint density at radius 3 is 2.50 bits per heavy atom. The minimum Gasteiger partial charge on any atom is -0.339 e. The molecule has 0 saturated carbocycles. The SMILES string of the molecule is CCCCCCC(=O)N(CCC#N)C(C)C. The van der Waals surface area contributed by atoms with Gasteiger partial charge in [-0.1, -0.05) is 26.2 Å². The van der Waals surface area contributed by atoms with E-state index in [-0.39, 0.29) is 11.9 Å². The van der Waals surface area contributed by atoms with Crippen molar-refractivity contribution in [2.24, 2.45) is 0 Å². The van der Waals surface area contributed by atoms with Gasteiger partial charge in [-0.25, -0.2) is 0 Å². The van der Waals surface area contributed by atoms with Crippen molar-refractivity contribution in [3.8, 4) is 6.07 Å². The molecular weight excluding hydrogens is 200 g/mol. The van der Waals surface area contributed by atoms with Crippen LogP contribution in [0.4, 0.5) is 0 Å². The summed E-state index contributed by atoms with van der Waals surface area (Å²) >= 11 is 0. The Hall–Kier alpha value is -1.04. The van der Waals surface area contributed by atoms with Gasteiger partial charge >= 0.3 is 0 Å². The Morgan fingerprint density at radius 1 is 1.31 bits per heavy atom. The summed E-state index contributed by atoms with van der Waals surface area (Å²) in [6.45, 7) is 6.73. The summed E-state index contributed by atoms with van der Waals surface area (Å²) in [5.41, 5.74) is 0. The molecule has 0 atom stereocenters. The maximum atomic E-state index is 11.9. The van der Waals surface area contributed by atoms with Gasteiger partial charge in [0, 0.05) is 19.0 Å². The van der Waals surface area contributed by atoms with Crippen LogP contribution in [0.2, 0.25) is 0 Å². The molecule has 0 unspecified atom stereocenters. The van der Waals surface area contributed by atoms with E-state index in [2.05, 4.69) is 13.0 Å². The average Bonchev–Trinajstić information content (AvgIpc) is 2.24. The molecule has 0 aliphatic rings. The summed E-state index contributed by atoms with van der Waals surface area (Å²) in [6.07, 6.45) is 5.56. The molecule has 16 heavy (non-hydrogen) atoms. The minimum absolute atomic E-state index is 0.196. The number of nitrogens with zero attached hydrogens (tertiary/aromatic N) is 2. The van der Waals surface area contributed by atoms with Crippen LogP contribution in [0.3, 0.4) is 0 Å². The first-order valence-corrected chi connectivity index (χ1v) is 6.29. The van der Waals surface area contributed by atoms with E-state index in [1.54, 1.807) is 0 Å². The first-order chi connectivity index (χ1) is 7.63. The van der Waals surface area contributed by atoms with E-state index in [0.29, 0.717) is 19.4 Å². The summed E-state index contributed by atoms with van der Waals surface area (Å²) in [4.78, 5) is 13.7. The molecule has 3 heteroatoms. The monoisotopic (exact) mass is 224 g/mol. The molecule has 92 valence electrons. The number of hydrogen-bond acceptors (Lipinski definition) is 2. The Morgan fingerprint density at radius 2 is 2.00 bits per heavy atom. The molecule has 0 saturated heterocycles. The Labute approximate surface area is 99.4 Å². The van der Waals surface area contributed by atoms with Crippen molar-refractivity contribution >= 4 is 5.91 Å². The fourth-order valence-corrected chi connectivity index (χ4v) is 1.69. The number of carbonyl (C=O) groups is 1. The molecular formula is C13H24N2O. The van der Waals surface area contributed by atoms with Crippen LogP contribution in [0.15, 0.2) is 0 Å². The van der Waals surface area contributed by atoms with E-state index in [1.807, 2.05) is 18.7 Å². The first kappa shape index (κ1) is 15.0. The van der Waals surface area contributed by atoms with E-state index in [9.17, 15) is 4.79 Å². The highest BCUT2D eigenvalue weighted by Gasteiger charge is 2.15. The first-order valence-electron chi connectivity index (χ1n) is 6.29. The van der Waals surface area contributed by atoms with Gasteiger partial charge < -0.3 is 4.90 Å². The zero-order chi connectivity index (χ0) is 12.4. The van der Waals surface area contributed by atoms with Gasteiger partial charge in [-0.05, 0) is 20.3 Å². The maximum Gasteiger partial charge on any atom is 0.222 e. The predicted octanol–water partition coefficient (Wildman–Crippen LogP) is 3.11. The quantitative estimate of drug-likeness (QED) is 0.595. The van der Waals surface area contributed by atoms with Crippen LogP contribution in [0.1, 0.15) is 59.3 Å². The van der Waals surface area contributed by atoms with Gasteiger partial charge in [0.2, 0.25) is 5.91 Å². The van der Waals surface area contributed by atoms with Crippen LogP contribution in [0, 0.1) is 11.3 Å². The van der Waals surface area contributed by atoms with Crippen molar-refractivity contribution < 1.29 is 4.79 Å². The van der Waals surface area contributed by atoms with E-state index in [0.717, 1.165) is 12.8 Å². The zero-order valence-corrected chi connectivity index (χ0v) is 10.8. The van der Waals surface area contributed by atoms with E-state index in [4.69, 9.17) is 5.26 Å². The van der Waals surface area contributed by atoms with Crippen molar-refractivity contribution in [1.29, 1.82) is 5.26 Å². The van der Waals surface area contributed by atoms with Crippen LogP contribution in [0.5, 0.6) is 0 Å². The molecule has 0 heterocycles. The third-order valence-electron chi connectivity index (χ3n) is 2.65. The largest absolute Gasteiger partial charge is 0.339 e. The van der Waals surface area contributed by atoms with Crippen LogP contribution in [-0.4, -0.2) is 23.4 Å². The van der Waals surface area contributed by atoms with Gasteiger partial charge in [-0.2, -0.15) is 5.26 Å². The second-order valence-corrected chi connectivity index (χ2v) is 4.40. The van der Waals surface area contributed by atoms with Gasteiger partial charge in [-0.15, -0.1) is 0 Å². The van der Waals surface area contributed by atoms with Gasteiger partial charge in [0.05, 0.1) is 12.5 Å². The lowest BCUT2D eigenvalue weighted by Crippen LogP contribution is -2.37. The minimum atomic E-state index is 0.196. The zero-order valence-electron chi connectivity index (χ0n) is 10.8. The molecule has 0 aliphatic carbocycles. The predicted molar refractivity (Wildman–Crippen MR) is 65.8 cm³/mol. The Kier molecular flexibility index (Phi) is 8.61. The molecule has 0 aromatic heterocycles. The normalized spacial score (nSPS) is 10.2. The van der Waals surface area contributed by atoms with Gasteiger partial charge in [0.15, 0.2) is 0 Å². The topological polar surface area (TPSA) is 44.1 Å². The molecule has 1 amide bonds. The third kappa shape index (κ3) is 6.44. The lowest BCUT2D eigenvalue weighted by molar-refractivity contribution is -0.132. The highest BCUT2D eigenvalue weighted by molar-refractivity contribution is 5.76. The summed E-state index contributed by atoms with van der Waals surface area (Å²) in [5, 5.41) is 8.54. The van der Waals surface area contributed by atoms with Gasteiger partial charge in [0.25, 0.3) is 0 Å². The molecule has 0 rings (SSSR count).